The van der Waals surface area contributed by atoms with Crippen LogP contribution >= 0.6 is 11.6 Å². The Kier molecular flexibility index (Phi) is 6.55. The summed E-state index contributed by atoms with van der Waals surface area (Å²) in [5.74, 6) is -0.0865. The third-order valence-electron chi connectivity index (χ3n) is 4.98. The van der Waals surface area contributed by atoms with Crippen LogP contribution in [0.3, 0.4) is 0 Å². The first kappa shape index (κ1) is 19.5. The second-order valence-electron chi connectivity index (χ2n) is 6.87. The van der Waals surface area contributed by atoms with E-state index in [0.717, 1.165) is 18.8 Å². The fraction of sp³-hybridized carbons (Fsp3) is 0.526. The Morgan fingerprint density at radius 1 is 1.00 bits per heavy atom. The minimum Gasteiger partial charge on any atom is -0.368 e. The molecule has 1 aromatic rings. The Labute approximate surface area is 164 Å². The summed E-state index contributed by atoms with van der Waals surface area (Å²) in [7, 11) is 0. The van der Waals surface area contributed by atoms with Gasteiger partial charge in [0.25, 0.3) is 0 Å². The van der Waals surface area contributed by atoms with E-state index in [2.05, 4.69) is 10.2 Å². The van der Waals surface area contributed by atoms with Crippen molar-refractivity contribution in [3.05, 3.63) is 29.3 Å². The number of carbonyl (C=O) groups is 3. The molecule has 0 radical (unpaired) electrons. The van der Waals surface area contributed by atoms with Crippen LogP contribution in [-0.4, -0.2) is 73.3 Å². The highest BCUT2D eigenvalue weighted by atomic mass is 35.5. The average Bonchev–Trinajstić information content (AvgIpc) is 2.68. The Bertz CT molecular complexity index is 704. The van der Waals surface area contributed by atoms with Crippen molar-refractivity contribution in [1.82, 2.24) is 15.1 Å². The van der Waals surface area contributed by atoms with E-state index in [0.29, 0.717) is 50.5 Å². The topological polar surface area (TPSA) is 73.0 Å². The molecule has 8 heteroatoms. The first-order valence-corrected chi connectivity index (χ1v) is 9.73. The lowest BCUT2D eigenvalue weighted by molar-refractivity contribution is -0.138. The SMILES string of the molecule is O=C1CN(C(=O)CCCC(=O)N2CCN(c3cccc(Cl)c3)CC2)CCN1. The lowest BCUT2D eigenvalue weighted by Crippen LogP contribution is -2.50. The fourth-order valence-electron chi connectivity index (χ4n) is 3.45. The third kappa shape index (κ3) is 5.35. The summed E-state index contributed by atoms with van der Waals surface area (Å²) in [5, 5.41) is 3.41. The van der Waals surface area contributed by atoms with Crippen molar-refractivity contribution in [2.24, 2.45) is 0 Å². The van der Waals surface area contributed by atoms with E-state index in [1.807, 2.05) is 29.2 Å². The molecule has 0 saturated carbocycles. The van der Waals surface area contributed by atoms with Gasteiger partial charge in [0.05, 0.1) is 6.54 Å². The number of carbonyl (C=O) groups excluding carboxylic acids is 3. The second kappa shape index (κ2) is 9.08. The van der Waals surface area contributed by atoms with Crippen LogP contribution in [0.15, 0.2) is 24.3 Å². The number of benzene rings is 1. The minimum atomic E-state index is -0.122. The predicted octanol–water partition coefficient (Wildman–Crippen LogP) is 1.12. The molecule has 7 nitrogen and oxygen atoms in total. The van der Waals surface area contributed by atoms with E-state index in [1.165, 1.54) is 0 Å². The molecule has 0 aromatic heterocycles. The Morgan fingerprint density at radius 3 is 2.37 bits per heavy atom. The molecule has 27 heavy (non-hydrogen) atoms. The van der Waals surface area contributed by atoms with Crippen molar-refractivity contribution >= 4 is 35.0 Å². The lowest BCUT2D eigenvalue weighted by Gasteiger charge is -2.36. The van der Waals surface area contributed by atoms with Gasteiger partial charge in [-0.05, 0) is 24.6 Å². The molecule has 146 valence electrons. The summed E-state index contributed by atoms with van der Waals surface area (Å²) < 4.78 is 0. The summed E-state index contributed by atoms with van der Waals surface area (Å²) in [5.41, 5.74) is 1.07. The zero-order valence-corrected chi connectivity index (χ0v) is 16.1. The molecule has 2 saturated heterocycles. The summed E-state index contributed by atoms with van der Waals surface area (Å²) in [4.78, 5) is 41.5. The number of nitrogens with one attached hydrogen (secondary N) is 1. The molecule has 3 rings (SSSR count). The van der Waals surface area contributed by atoms with E-state index < -0.39 is 0 Å². The number of piperazine rings is 2. The maximum atomic E-state index is 12.4. The van der Waals surface area contributed by atoms with E-state index in [9.17, 15) is 14.4 Å². The summed E-state index contributed by atoms with van der Waals surface area (Å²) in [6, 6.07) is 7.74. The number of hydrogen-bond acceptors (Lipinski definition) is 4. The van der Waals surface area contributed by atoms with Crippen molar-refractivity contribution in [3.63, 3.8) is 0 Å². The molecule has 0 unspecified atom stereocenters. The largest absolute Gasteiger partial charge is 0.368 e. The Balaban J connectivity index is 1.38. The predicted molar refractivity (Wildman–Crippen MR) is 104 cm³/mol. The molecule has 2 heterocycles. The number of amides is 3. The zero-order valence-electron chi connectivity index (χ0n) is 15.3. The first-order chi connectivity index (χ1) is 13.0. The van der Waals surface area contributed by atoms with Crippen LogP contribution in [0.1, 0.15) is 19.3 Å². The smallest absolute Gasteiger partial charge is 0.239 e. The van der Waals surface area contributed by atoms with Crippen LogP contribution in [0.25, 0.3) is 0 Å². The van der Waals surface area contributed by atoms with Crippen LogP contribution in [0.5, 0.6) is 0 Å². The highest BCUT2D eigenvalue weighted by Crippen LogP contribution is 2.21. The molecular formula is C19H25ClN4O3. The van der Waals surface area contributed by atoms with Gasteiger partial charge in [0.15, 0.2) is 0 Å². The number of rotatable bonds is 5. The molecule has 2 aliphatic rings. The number of hydrogen-bond donors (Lipinski definition) is 1. The molecule has 1 N–H and O–H groups in total. The van der Waals surface area contributed by atoms with Gasteiger partial charge in [-0.25, -0.2) is 0 Å². The molecule has 0 bridgehead atoms. The van der Waals surface area contributed by atoms with Crippen molar-refractivity contribution in [2.75, 3.05) is 50.7 Å². The second-order valence-corrected chi connectivity index (χ2v) is 7.30. The van der Waals surface area contributed by atoms with Crippen LogP contribution in [0.4, 0.5) is 5.69 Å². The normalized spacial score (nSPS) is 17.7. The van der Waals surface area contributed by atoms with E-state index in [1.54, 1.807) is 4.90 Å². The summed E-state index contributed by atoms with van der Waals surface area (Å²) >= 11 is 6.05. The summed E-state index contributed by atoms with van der Waals surface area (Å²) in [6.07, 6.45) is 1.19. The van der Waals surface area contributed by atoms with Gasteiger partial charge in [-0.15, -0.1) is 0 Å². The highest BCUT2D eigenvalue weighted by molar-refractivity contribution is 6.30. The molecule has 0 aliphatic carbocycles. The Hall–Kier alpha value is -2.28. The van der Waals surface area contributed by atoms with Gasteiger partial charge in [0.2, 0.25) is 17.7 Å². The number of nitrogens with zero attached hydrogens (tertiary/aromatic N) is 3. The van der Waals surface area contributed by atoms with Gasteiger partial charge in [-0.3, -0.25) is 14.4 Å². The zero-order chi connectivity index (χ0) is 19.2. The number of halogens is 1. The molecule has 1 aromatic carbocycles. The van der Waals surface area contributed by atoms with Gasteiger partial charge >= 0.3 is 0 Å². The van der Waals surface area contributed by atoms with Crippen LogP contribution in [0, 0.1) is 0 Å². The standard InChI is InChI=1S/C19H25ClN4O3/c20-15-3-1-4-16(13-15)22-9-11-23(12-10-22)18(26)5-2-6-19(27)24-8-7-21-17(25)14-24/h1,3-4,13H,2,5-12,14H2,(H,21,25). The molecule has 2 fully saturated rings. The quantitative estimate of drug-likeness (QED) is 0.815. The molecule has 0 atom stereocenters. The molecule has 0 spiro atoms. The van der Waals surface area contributed by atoms with E-state index >= 15 is 0 Å². The van der Waals surface area contributed by atoms with Crippen LogP contribution in [-0.2, 0) is 14.4 Å². The average molecular weight is 393 g/mol. The maximum absolute atomic E-state index is 12.4. The van der Waals surface area contributed by atoms with E-state index in [4.69, 9.17) is 11.6 Å². The Morgan fingerprint density at radius 2 is 1.70 bits per heavy atom. The first-order valence-electron chi connectivity index (χ1n) is 9.36. The maximum Gasteiger partial charge on any atom is 0.239 e. The molecule has 2 aliphatic heterocycles. The van der Waals surface area contributed by atoms with Crippen molar-refractivity contribution in [1.29, 1.82) is 0 Å². The van der Waals surface area contributed by atoms with Crippen molar-refractivity contribution < 1.29 is 14.4 Å². The molecular weight excluding hydrogens is 368 g/mol. The summed E-state index contributed by atoms with van der Waals surface area (Å²) in [6.45, 7) is 4.06. The van der Waals surface area contributed by atoms with Gasteiger partial charge < -0.3 is 20.0 Å². The van der Waals surface area contributed by atoms with Gasteiger partial charge in [-0.2, -0.15) is 0 Å². The van der Waals surface area contributed by atoms with Gasteiger partial charge in [-0.1, -0.05) is 17.7 Å². The highest BCUT2D eigenvalue weighted by Gasteiger charge is 2.23. The number of anilines is 1. The van der Waals surface area contributed by atoms with Crippen molar-refractivity contribution in [3.8, 4) is 0 Å². The molecule has 3 amide bonds. The van der Waals surface area contributed by atoms with Gasteiger partial charge in [0.1, 0.15) is 0 Å². The monoisotopic (exact) mass is 392 g/mol. The van der Waals surface area contributed by atoms with Gasteiger partial charge in [0, 0.05) is 62.8 Å². The van der Waals surface area contributed by atoms with Crippen molar-refractivity contribution in [2.45, 2.75) is 19.3 Å². The van der Waals surface area contributed by atoms with E-state index in [-0.39, 0.29) is 24.3 Å². The lowest BCUT2D eigenvalue weighted by atomic mass is 10.1. The minimum absolute atomic E-state index is 0.0524. The third-order valence-corrected chi connectivity index (χ3v) is 5.21. The van der Waals surface area contributed by atoms with Crippen LogP contribution < -0.4 is 10.2 Å². The van der Waals surface area contributed by atoms with Crippen LogP contribution in [0.2, 0.25) is 5.02 Å². The fourth-order valence-corrected chi connectivity index (χ4v) is 3.63.